The number of likely N-dealkylation sites (tertiary alicyclic amines) is 1. The van der Waals surface area contributed by atoms with E-state index < -0.39 is 0 Å². The van der Waals surface area contributed by atoms with Gasteiger partial charge >= 0.3 is 0 Å². The Hall–Kier alpha value is -0.530. The van der Waals surface area contributed by atoms with Crippen molar-refractivity contribution in [2.75, 3.05) is 7.05 Å². The Balaban J connectivity index is 1.83. The van der Waals surface area contributed by atoms with E-state index in [1.807, 2.05) is 11.9 Å². The lowest BCUT2D eigenvalue weighted by Gasteiger charge is -2.44. The lowest BCUT2D eigenvalue weighted by Crippen LogP contribution is -2.58. The summed E-state index contributed by atoms with van der Waals surface area (Å²) in [5, 5.41) is 0. The van der Waals surface area contributed by atoms with Crippen molar-refractivity contribution in [1.29, 1.82) is 0 Å². The van der Waals surface area contributed by atoms with E-state index in [-0.39, 0.29) is 0 Å². The summed E-state index contributed by atoms with van der Waals surface area (Å²) in [5.41, 5.74) is 0. The van der Waals surface area contributed by atoms with Gasteiger partial charge in [-0.15, -0.1) is 0 Å². The number of fused-ring (bicyclic) bond motifs is 3. The highest BCUT2D eigenvalue weighted by Gasteiger charge is 2.56. The van der Waals surface area contributed by atoms with Gasteiger partial charge in [0.15, 0.2) is 0 Å². The Morgan fingerprint density at radius 2 is 2.08 bits per heavy atom. The summed E-state index contributed by atoms with van der Waals surface area (Å²) < 4.78 is 0. The quantitative estimate of drug-likeness (QED) is 0.518. The summed E-state index contributed by atoms with van der Waals surface area (Å²) in [6.07, 6.45) is 6.77. The van der Waals surface area contributed by atoms with E-state index in [0.717, 1.165) is 11.8 Å². The molecule has 1 saturated heterocycles. The standard InChI is InChI=1S/C11H17NO/c1-12-10-8-5-3-2-4-7(8)6-9(10)11(12)13/h7-10H,2-6H2,1H3. The number of carbonyl (C=O) groups is 1. The average molecular weight is 179 g/mol. The summed E-state index contributed by atoms with van der Waals surface area (Å²) in [4.78, 5) is 13.5. The summed E-state index contributed by atoms with van der Waals surface area (Å²) in [6.45, 7) is 0. The molecule has 2 nitrogen and oxygen atoms in total. The van der Waals surface area contributed by atoms with Gasteiger partial charge in [-0.25, -0.2) is 0 Å². The van der Waals surface area contributed by atoms with E-state index in [9.17, 15) is 4.79 Å². The van der Waals surface area contributed by atoms with Crippen LogP contribution in [0.4, 0.5) is 0 Å². The van der Waals surface area contributed by atoms with Crippen LogP contribution in [0.25, 0.3) is 0 Å². The highest BCUT2D eigenvalue weighted by atomic mass is 16.2. The normalized spacial score (nSPS) is 48.4. The highest BCUT2D eigenvalue weighted by Crippen LogP contribution is 2.52. The average Bonchev–Trinajstić information content (AvgIpc) is 2.52. The second-order valence-corrected chi connectivity index (χ2v) is 4.99. The van der Waals surface area contributed by atoms with Crippen LogP contribution in [0, 0.1) is 17.8 Å². The molecule has 0 aromatic rings. The molecule has 0 spiro atoms. The number of nitrogens with zero attached hydrogens (tertiary/aromatic N) is 1. The molecule has 0 aromatic heterocycles. The molecule has 4 atom stereocenters. The number of rotatable bonds is 0. The van der Waals surface area contributed by atoms with E-state index in [1.165, 1.54) is 32.1 Å². The molecule has 0 bridgehead atoms. The van der Waals surface area contributed by atoms with Crippen molar-refractivity contribution in [3.63, 3.8) is 0 Å². The highest BCUT2D eigenvalue weighted by molar-refractivity contribution is 5.86. The molecule has 0 radical (unpaired) electrons. The lowest BCUT2D eigenvalue weighted by molar-refractivity contribution is -0.153. The van der Waals surface area contributed by atoms with Crippen LogP contribution < -0.4 is 0 Å². The van der Waals surface area contributed by atoms with Gasteiger partial charge in [-0.2, -0.15) is 0 Å². The molecule has 3 rings (SSSR count). The first-order valence-corrected chi connectivity index (χ1v) is 5.55. The van der Waals surface area contributed by atoms with Gasteiger partial charge in [-0.3, -0.25) is 4.79 Å². The van der Waals surface area contributed by atoms with Crippen molar-refractivity contribution >= 4 is 5.91 Å². The molecule has 3 aliphatic rings. The van der Waals surface area contributed by atoms with Crippen molar-refractivity contribution in [2.45, 2.75) is 38.1 Å². The van der Waals surface area contributed by atoms with Gasteiger partial charge in [0.2, 0.25) is 5.91 Å². The lowest BCUT2D eigenvalue weighted by atomic mass is 9.78. The smallest absolute Gasteiger partial charge is 0.227 e. The largest absolute Gasteiger partial charge is 0.341 e. The molecule has 2 aliphatic carbocycles. The summed E-state index contributed by atoms with van der Waals surface area (Å²) >= 11 is 0. The van der Waals surface area contributed by atoms with Gasteiger partial charge in [0, 0.05) is 13.1 Å². The molecule has 3 fully saturated rings. The van der Waals surface area contributed by atoms with Crippen molar-refractivity contribution in [1.82, 2.24) is 4.90 Å². The molecule has 1 amide bonds. The minimum atomic E-state index is 0.416. The molecular formula is C11H17NO. The maximum absolute atomic E-state index is 11.5. The fraction of sp³-hybridized carbons (Fsp3) is 0.909. The Morgan fingerprint density at radius 3 is 2.92 bits per heavy atom. The van der Waals surface area contributed by atoms with E-state index in [2.05, 4.69) is 0 Å². The molecular weight excluding hydrogens is 162 g/mol. The summed E-state index contributed by atoms with van der Waals surface area (Å²) in [7, 11) is 1.99. The Kier molecular flexibility index (Phi) is 1.50. The number of hydrogen-bond acceptors (Lipinski definition) is 1. The van der Waals surface area contributed by atoms with Crippen LogP contribution in [0.1, 0.15) is 32.1 Å². The van der Waals surface area contributed by atoms with Crippen LogP contribution in [0.2, 0.25) is 0 Å². The SMILES string of the molecule is CN1C(=O)C2CC3CCCCC3C21. The minimum absolute atomic E-state index is 0.416. The van der Waals surface area contributed by atoms with E-state index >= 15 is 0 Å². The Morgan fingerprint density at radius 1 is 1.31 bits per heavy atom. The second-order valence-electron chi connectivity index (χ2n) is 4.99. The van der Waals surface area contributed by atoms with Crippen LogP contribution in [0.15, 0.2) is 0 Å². The van der Waals surface area contributed by atoms with Crippen molar-refractivity contribution < 1.29 is 4.79 Å². The zero-order valence-electron chi connectivity index (χ0n) is 8.20. The molecule has 0 aromatic carbocycles. The monoisotopic (exact) mass is 179 g/mol. The van der Waals surface area contributed by atoms with Gasteiger partial charge in [0.1, 0.15) is 0 Å². The van der Waals surface area contributed by atoms with Crippen LogP contribution in [-0.4, -0.2) is 23.9 Å². The summed E-state index contributed by atoms with van der Waals surface area (Å²) in [6, 6.07) is 0.637. The number of β-lactam (4-membered cyclic amide) rings is 1. The maximum Gasteiger partial charge on any atom is 0.227 e. The Bertz CT molecular complexity index is 250. The van der Waals surface area contributed by atoms with Gasteiger partial charge in [0.05, 0.1) is 5.92 Å². The van der Waals surface area contributed by atoms with Crippen molar-refractivity contribution in [2.24, 2.45) is 17.8 Å². The Labute approximate surface area is 79.3 Å². The first-order valence-electron chi connectivity index (χ1n) is 5.55. The fourth-order valence-corrected chi connectivity index (χ4v) is 3.87. The zero-order chi connectivity index (χ0) is 9.00. The predicted octanol–water partition coefficient (Wildman–Crippen LogP) is 1.65. The molecule has 2 saturated carbocycles. The third-order valence-corrected chi connectivity index (χ3v) is 4.49. The molecule has 1 aliphatic heterocycles. The zero-order valence-corrected chi connectivity index (χ0v) is 8.20. The molecule has 72 valence electrons. The van der Waals surface area contributed by atoms with Gasteiger partial charge in [0.25, 0.3) is 0 Å². The van der Waals surface area contributed by atoms with Crippen LogP contribution in [-0.2, 0) is 4.79 Å². The van der Waals surface area contributed by atoms with Crippen molar-refractivity contribution in [3.05, 3.63) is 0 Å². The first-order chi connectivity index (χ1) is 6.29. The molecule has 2 heteroatoms. The first kappa shape index (κ1) is 7.84. The second kappa shape index (κ2) is 2.49. The maximum atomic E-state index is 11.5. The summed E-state index contributed by atoms with van der Waals surface area (Å²) in [5.74, 6) is 2.59. The predicted molar refractivity (Wildman–Crippen MR) is 50.1 cm³/mol. The van der Waals surface area contributed by atoms with Gasteiger partial charge in [-0.05, 0) is 24.7 Å². The van der Waals surface area contributed by atoms with Crippen LogP contribution in [0.5, 0.6) is 0 Å². The molecule has 0 N–H and O–H groups in total. The third-order valence-electron chi connectivity index (χ3n) is 4.49. The third kappa shape index (κ3) is 0.866. The van der Waals surface area contributed by atoms with Gasteiger partial charge < -0.3 is 4.90 Å². The molecule has 13 heavy (non-hydrogen) atoms. The minimum Gasteiger partial charge on any atom is -0.341 e. The van der Waals surface area contributed by atoms with Crippen LogP contribution in [0.3, 0.4) is 0 Å². The number of hydrogen-bond donors (Lipinski definition) is 0. The number of amides is 1. The van der Waals surface area contributed by atoms with Crippen LogP contribution >= 0.6 is 0 Å². The molecule has 4 unspecified atom stereocenters. The topological polar surface area (TPSA) is 20.3 Å². The van der Waals surface area contributed by atoms with E-state index in [4.69, 9.17) is 0 Å². The fourth-order valence-electron chi connectivity index (χ4n) is 3.87. The van der Waals surface area contributed by atoms with Gasteiger partial charge in [-0.1, -0.05) is 19.3 Å². The van der Waals surface area contributed by atoms with E-state index in [0.29, 0.717) is 17.9 Å². The molecule has 1 heterocycles. The van der Waals surface area contributed by atoms with E-state index in [1.54, 1.807) is 0 Å². The van der Waals surface area contributed by atoms with Crippen molar-refractivity contribution in [3.8, 4) is 0 Å². The number of carbonyl (C=O) groups excluding carboxylic acids is 1.